The summed E-state index contributed by atoms with van der Waals surface area (Å²) in [6, 6.07) is 3.56. The molecule has 0 bridgehead atoms. The molecule has 2 aromatic heterocycles. The Kier molecular flexibility index (Phi) is 4.12. The van der Waals surface area contributed by atoms with E-state index in [2.05, 4.69) is 5.10 Å². The molecule has 0 unspecified atom stereocenters. The lowest BCUT2D eigenvalue weighted by Gasteiger charge is -2.24. The lowest BCUT2D eigenvalue weighted by molar-refractivity contribution is 0.0677. The highest BCUT2D eigenvalue weighted by atomic mass is 16.5. The number of hydrogen-bond donors (Lipinski definition) is 1. The Bertz CT molecular complexity index is 706. The van der Waals surface area contributed by atoms with E-state index in [-0.39, 0.29) is 18.1 Å². The van der Waals surface area contributed by atoms with Crippen LogP contribution in [-0.2, 0) is 11.3 Å². The van der Waals surface area contributed by atoms with Crippen molar-refractivity contribution in [2.75, 3.05) is 19.4 Å². The van der Waals surface area contributed by atoms with E-state index in [0.717, 1.165) is 12.2 Å². The van der Waals surface area contributed by atoms with Gasteiger partial charge in [0.25, 0.3) is 5.91 Å². The summed E-state index contributed by atoms with van der Waals surface area (Å²) >= 11 is 0. The molecule has 0 aliphatic carbocycles. The van der Waals surface area contributed by atoms with Crippen molar-refractivity contribution in [3.63, 3.8) is 0 Å². The Labute approximate surface area is 135 Å². The topological polar surface area (TPSA) is 86.5 Å². The number of amides is 1. The summed E-state index contributed by atoms with van der Waals surface area (Å²) in [6.45, 7) is 4.82. The van der Waals surface area contributed by atoms with Crippen LogP contribution in [0.15, 0.2) is 22.7 Å². The zero-order valence-corrected chi connectivity index (χ0v) is 13.7. The fraction of sp³-hybridized carbons (Fsp3) is 0.500. The van der Waals surface area contributed by atoms with Gasteiger partial charge < -0.3 is 19.8 Å². The van der Waals surface area contributed by atoms with Crippen molar-refractivity contribution >= 4 is 11.7 Å². The molecule has 0 radical (unpaired) electrons. The van der Waals surface area contributed by atoms with Gasteiger partial charge in [0.2, 0.25) is 0 Å². The molecule has 2 aromatic rings. The number of ether oxygens (including phenoxy) is 1. The van der Waals surface area contributed by atoms with E-state index in [9.17, 15) is 4.79 Å². The molecule has 2 atom stereocenters. The summed E-state index contributed by atoms with van der Waals surface area (Å²) < 4.78 is 12.7. The number of hydrogen-bond acceptors (Lipinski definition) is 5. The molecule has 1 fully saturated rings. The third-order valence-corrected chi connectivity index (χ3v) is 4.30. The first kappa shape index (κ1) is 15.6. The van der Waals surface area contributed by atoms with E-state index in [1.54, 1.807) is 23.9 Å². The molecule has 23 heavy (non-hydrogen) atoms. The summed E-state index contributed by atoms with van der Waals surface area (Å²) in [7, 11) is 1.68. The minimum Gasteiger partial charge on any atom is -0.466 e. The van der Waals surface area contributed by atoms with Crippen molar-refractivity contribution in [3.05, 3.63) is 35.4 Å². The maximum Gasteiger partial charge on any atom is 0.257 e. The number of aromatic nitrogens is 2. The summed E-state index contributed by atoms with van der Waals surface area (Å²) in [4.78, 5) is 14.8. The molecular weight excluding hydrogens is 296 g/mol. The van der Waals surface area contributed by atoms with E-state index in [1.807, 2.05) is 24.9 Å². The van der Waals surface area contributed by atoms with Crippen LogP contribution in [-0.4, -0.2) is 46.4 Å². The fourth-order valence-electron chi connectivity index (χ4n) is 3.16. The van der Waals surface area contributed by atoms with Crippen LogP contribution in [0.2, 0.25) is 0 Å². The van der Waals surface area contributed by atoms with Gasteiger partial charge in [0, 0.05) is 19.9 Å². The van der Waals surface area contributed by atoms with E-state index >= 15 is 0 Å². The van der Waals surface area contributed by atoms with E-state index < -0.39 is 0 Å². The predicted molar refractivity (Wildman–Crippen MR) is 85.1 cm³/mol. The largest absolute Gasteiger partial charge is 0.466 e. The number of carbonyl (C=O) groups is 1. The first-order valence-corrected chi connectivity index (χ1v) is 7.67. The number of likely N-dealkylation sites (tertiary alicyclic amines) is 1. The summed E-state index contributed by atoms with van der Waals surface area (Å²) in [5.74, 6) is 1.84. The third-order valence-electron chi connectivity index (χ3n) is 4.30. The maximum atomic E-state index is 12.9. The van der Waals surface area contributed by atoms with E-state index in [4.69, 9.17) is 14.9 Å². The van der Waals surface area contributed by atoms with Gasteiger partial charge in [0.15, 0.2) is 0 Å². The highest BCUT2D eigenvalue weighted by Crippen LogP contribution is 2.26. The molecule has 124 valence electrons. The van der Waals surface area contributed by atoms with E-state index in [1.165, 1.54) is 0 Å². The standard InChI is InChI=1S/C16H22N4O3/c1-10-6-14(11(2)23-10)16(21)20-9-13(22-3)7-12(20)8-19-5-4-15(17)18-19/h4-6,12-13H,7-9H2,1-3H3,(H2,17,18)/t12-,13+/m0/s1. The SMILES string of the molecule is CO[C@@H]1C[C@@H](Cn2ccc(N)n2)N(C(=O)c2cc(C)oc2C)C1. The van der Waals surface area contributed by atoms with Gasteiger partial charge in [0.1, 0.15) is 17.3 Å². The molecule has 7 nitrogen and oxygen atoms in total. The van der Waals surface area contributed by atoms with Crippen molar-refractivity contribution in [2.45, 2.75) is 39.0 Å². The Morgan fingerprint density at radius 1 is 1.52 bits per heavy atom. The quantitative estimate of drug-likeness (QED) is 0.925. The van der Waals surface area contributed by atoms with Crippen LogP contribution in [0, 0.1) is 13.8 Å². The molecule has 7 heteroatoms. The smallest absolute Gasteiger partial charge is 0.257 e. The van der Waals surface area contributed by atoms with Crippen LogP contribution in [0.4, 0.5) is 5.82 Å². The Morgan fingerprint density at radius 2 is 2.30 bits per heavy atom. The number of carbonyl (C=O) groups excluding carboxylic acids is 1. The molecule has 1 saturated heterocycles. The molecule has 3 rings (SSSR count). The molecule has 0 spiro atoms. The second kappa shape index (κ2) is 6.08. The minimum absolute atomic E-state index is 0.0151. The van der Waals surface area contributed by atoms with Gasteiger partial charge in [-0.05, 0) is 32.4 Å². The summed E-state index contributed by atoms with van der Waals surface area (Å²) in [5.41, 5.74) is 6.28. The fourth-order valence-corrected chi connectivity index (χ4v) is 3.16. The zero-order chi connectivity index (χ0) is 16.6. The van der Waals surface area contributed by atoms with Gasteiger partial charge in [-0.1, -0.05) is 0 Å². The number of furan rings is 1. The summed E-state index contributed by atoms with van der Waals surface area (Å²) in [6.07, 6.45) is 2.63. The van der Waals surface area contributed by atoms with Crippen molar-refractivity contribution in [1.29, 1.82) is 0 Å². The molecule has 1 amide bonds. The van der Waals surface area contributed by atoms with Crippen LogP contribution in [0.25, 0.3) is 0 Å². The number of nitrogens with zero attached hydrogens (tertiary/aromatic N) is 3. The molecule has 3 heterocycles. The second-order valence-corrected chi connectivity index (χ2v) is 5.99. The second-order valence-electron chi connectivity index (χ2n) is 5.99. The molecule has 0 saturated carbocycles. The molecule has 1 aliphatic heterocycles. The Balaban J connectivity index is 1.82. The first-order valence-electron chi connectivity index (χ1n) is 7.67. The predicted octanol–water partition coefficient (Wildman–Crippen LogP) is 1.60. The van der Waals surface area contributed by atoms with Gasteiger partial charge in [-0.2, -0.15) is 5.10 Å². The average Bonchev–Trinajstić information content (AvgIpc) is 3.18. The lowest BCUT2D eigenvalue weighted by Crippen LogP contribution is -2.38. The van der Waals surface area contributed by atoms with E-state index in [0.29, 0.717) is 30.2 Å². The normalized spacial score (nSPS) is 21.1. The number of methoxy groups -OCH3 is 1. The third kappa shape index (κ3) is 3.10. The Morgan fingerprint density at radius 3 is 2.87 bits per heavy atom. The van der Waals surface area contributed by atoms with Crippen molar-refractivity contribution in [1.82, 2.24) is 14.7 Å². The minimum atomic E-state index is -0.0240. The maximum absolute atomic E-state index is 12.9. The first-order chi connectivity index (χ1) is 11.0. The summed E-state index contributed by atoms with van der Waals surface area (Å²) in [5, 5.41) is 4.21. The zero-order valence-electron chi connectivity index (χ0n) is 13.7. The number of aryl methyl sites for hydroxylation is 2. The number of anilines is 1. The highest BCUT2D eigenvalue weighted by molar-refractivity contribution is 5.95. The Hall–Kier alpha value is -2.28. The van der Waals surface area contributed by atoms with Gasteiger partial charge in [-0.3, -0.25) is 9.48 Å². The van der Waals surface area contributed by atoms with Gasteiger partial charge >= 0.3 is 0 Å². The van der Waals surface area contributed by atoms with Crippen molar-refractivity contribution in [2.24, 2.45) is 0 Å². The van der Waals surface area contributed by atoms with Crippen LogP contribution in [0.1, 0.15) is 28.3 Å². The van der Waals surface area contributed by atoms with Crippen molar-refractivity contribution < 1.29 is 13.9 Å². The van der Waals surface area contributed by atoms with Crippen LogP contribution < -0.4 is 5.73 Å². The monoisotopic (exact) mass is 318 g/mol. The van der Waals surface area contributed by atoms with Crippen molar-refractivity contribution in [3.8, 4) is 0 Å². The van der Waals surface area contributed by atoms with Crippen LogP contribution in [0.5, 0.6) is 0 Å². The highest BCUT2D eigenvalue weighted by Gasteiger charge is 2.37. The molecular formula is C16H22N4O3. The number of nitrogen functional groups attached to an aromatic ring is 1. The molecule has 1 aliphatic rings. The number of nitrogens with two attached hydrogens (primary N) is 1. The average molecular weight is 318 g/mol. The van der Waals surface area contributed by atoms with Gasteiger partial charge in [-0.25, -0.2) is 0 Å². The molecule has 0 aromatic carbocycles. The molecule has 2 N–H and O–H groups in total. The number of rotatable bonds is 4. The van der Waals surface area contributed by atoms with Crippen LogP contribution >= 0.6 is 0 Å². The van der Waals surface area contributed by atoms with Gasteiger partial charge in [0.05, 0.1) is 24.3 Å². The lowest BCUT2D eigenvalue weighted by atomic mass is 10.1. The van der Waals surface area contributed by atoms with Crippen LogP contribution in [0.3, 0.4) is 0 Å². The van der Waals surface area contributed by atoms with Gasteiger partial charge in [-0.15, -0.1) is 0 Å².